The Labute approximate surface area is 136 Å². The molecule has 0 unspecified atom stereocenters. The van der Waals surface area contributed by atoms with Gasteiger partial charge in [-0.1, -0.05) is 6.07 Å². The molecule has 0 bridgehead atoms. The Morgan fingerprint density at radius 1 is 1.09 bits per heavy atom. The topological polar surface area (TPSA) is 50.8 Å². The molecular formula is C18H22N2O3. The van der Waals surface area contributed by atoms with Gasteiger partial charge in [-0.25, -0.2) is 0 Å². The van der Waals surface area contributed by atoms with E-state index < -0.39 is 0 Å². The van der Waals surface area contributed by atoms with Crippen molar-refractivity contribution in [1.82, 2.24) is 4.90 Å². The second-order valence-corrected chi connectivity index (χ2v) is 5.23. The maximum Gasteiger partial charge on any atom is 0.253 e. The maximum absolute atomic E-state index is 11.9. The lowest BCUT2D eigenvalue weighted by Gasteiger charge is -2.12. The van der Waals surface area contributed by atoms with Crippen LogP contribution >= 0.6 is 0 Å². The summed E-state index contributed by atoms with van der Waals surface area (Å²) in [5.74, 6) is 1.59. The fraction of sp³-hybridized carbons (Fsp3) is 0.278. The molecule has 0 aliphatic rings. The van der Waals surface area contributed by atoms with Crippen LogP contribution in [0.15, 0.2) is 48.5 Å². The van der Waals surface area contributed by atoms with E-state index in [1.807, 2.05) is 42.5 Å². The second kappa shape index (κ2) is 8.08. The Morgan fingerprint density at radius 3 is 2.43 bits per heavy atom. The Kier molecular flexibility index (Phi) is 5.86. The molecule has 0 heterocycles. The fourth-order valence-corrected chi connectivity index (χ4v) is 2.06. The molecule has 0 aliphatic heterocycles. The molecule has 0 radical (unpaired) electrons. The van der Waals surface area contributed by atoms with Gasteiger partial charge in [0.05, 0.1) is 7.11 Å². The van der Waals surface area contributed by atoms with Crippen molar-refractivity contribution in [2.75, 3.05) is 39.7 Å². The predicted octanol–water partition coefficient (Wildman–Crippen LogP) is 2.89. The normalized spacial score (nSPS) is 10.0. The van der Waals surface area contributed by atoms with Crippen LogP contribution in [0.3, 0.4) is 0 Å². The highest BCUT2D eigenvalue weighted by Gasteiger charge is 2.07. The molecule has 0 saturated carbocycles. The molecule has 2 rings (SSSR count). The smallest absolute Gasteiger partial charge is 0.253 e. The highest BCUT2D eigenvalue weighted by molar-refractivity contribution is 5.94. The molecule has 0 saturated heterocycles. The molecule has 5 nitrogen and oxygen atoms in total. The van der Waals surface area contributed by atoms with Gasteiger partial charge in [-0.3, -0.25) is 4.79 Å². The minimum absolute atomic E-state index is 0.0110. The highest BCUT2D eigenvalue weighted by atomic mass is 16.5. The Morgan fingerprint density at radius 2 is 1.78 bits per heavy atom. The quantitative estimate of drug-likeness (QED) is 0.799. The van der Waals surface area contributed by atoms with E-state index in [0.29, 0.717) is 18.7 Å². The third kappa shape index (κ3) is 4.92. The van der Waals surface area contributed by atoms with Gasteiger partial charge in [0.1, 0.15) is 18.1 Å². The number of rotatable bonds is 7. The van der Waals surface area contributed by atoms with E-state index in [1.165, 1.54) is 0 Å². The first-order valence-corrected chi connectivity index (χ1v) is 7.42. The summed E-state index contributed by atoms with van der Waals surface area (Å²) in [6.07, 6.45) is 0. The van der Waals surface area contributed by atoms with Crippen molar-refractivity contribution in [1.29, 1.82) is 0 Å². The van der Waals surface area contributed by atoms with Crippen LogP contribution in [0.25, 0.3) is 0 Å². The summed E-state index contributed by atoms with van der Waals surface area (Å²) in [5, 5.41) is 3.25. The van der Waals surface area contributed by atoms with E-state index in [4.69, 9.17) is 9.47 Å². The minimum atomic E-state index is -0.0110. The molecule has 0 aliphatic carbocycles. The summed E-state index contributed by atoms with van der Waals surface area (Å²) in [5.41, 5.74) is 1.56. The van der Waals surface area contributed by atoms with Gasteiger partial charge in [-0.05, 0) is 42.5 Å². The van der Waals surface area contributed by atoms with Gasteiger partial charge in [-0.15, -0.1) is 0 Å². The van der Waals surface area contributed by atoms with E-state index in [0.717, 1.165) is 17.2 Å². The number of anilines is 1. The summed E-state index contributed by atoms with van der Waals surface area (Å²) < 4.78 is 10.8. The maximum atomic E-state index is 11.9. The van der Waals surface area contributed by atoms with Crippen molar-refractivity contribution in [3.63, 3.8) is 0 Å². The van der Waals surface area contributed by atoms with E-state index in [2.05, 4.69) is 5.32 Å². The number of nitrogens with one attached hydrogen (secondary N) is 1. The molecule has 1 N–H and O–H groups in total. The molecule has 23 heavy (non-hydrogen) atoms. The van der Waals surface area contributed by atoms with Crippen molar-refractivity contribution in [2.24, 2.45) is 0 Å². The standard InChI is InChI=1S/C18H22N2O3/c1-20(2)18(21)14-5-4-6-15(13-14)19-11-12-23-17-9-7-16(22-3)8-10-17/h4-10,13,19H,11-12H2,1-3H3. The van der Waals surface area contributed by atoms with Crippen LogP contribution in [-0.2, 0) is 0 Å². The SMILES string of the molecule is COc1ccc(OCCNc2cccc(C(=O)N(C)C)c2)cc1. The fourth-order valence-electron chi connectivity index (χ4n) is 2.06. The summed E-state index contributed by atoms with van der Waals surface area (Å²) in [7, 11) is 5.12. The first kappa shape index (κ1) is 16.7. The van der Waals surface area contributed by atoms with Crippen molar-refractivity contribution in [2.45, 2.75) is 0 Å². The Bertz CT molecular complexity index is 639. The van der Waals surface area contributed by atoms with Crippen molar-refractivity contribution < 1.29 is 14.3 Å². The summed E-state index contributed by atoms with van der Waals surface area (Å²) >= 11 is 0. The summed E-state index contributed by atoms with van der Waals surface area (Å²) in [4.78, 5) is 13.5. The predicted molar refractivity (Wildman–Crippen MR) is 91.4 cm³/mol. The molecule has 122 valence electrons. The molecular weight excluding hydrogens is 292 g/mol. The average molecular weight is 314 g/mol. The van der Waals surface area contributed by atoms with Gasteiger partial charge in [0.25, 0.3) is 5.91 Å². The second-order valence-electron chi connectivity index (χ2n) is 5.23. The zero-order valence-corrected chi connectivity index (χ0v) is 13.7. The number of amides is 1. The number of hydrogen-bond donors (Lipinski definition) is 1. The lowest BCUT2D eigenvalue weighted by atomic mass is 10.2. The number of nitrogens with zero attached hydrogens (tertiary/aromatic N) is 1. The first-order valence-electron chi connectivity index (χ1n) is 7.42. The molecule has 0 spiro atoms. The van der Waals surface area contributed by atoms with Crippen molar-refractivity contribution in [3.8, 4) is 11.5 Å². The molecule has 5 heteroatoms. The van der Waals surface area contributed by atoms with Crippen LogP contribution in [0.1, 0.15) is 10.4 Å². The third-order valence-electron chi connectivity index (χ3n) is 3.28. The third-order valence-corrected chi connectivity index (χ3v) is 3.28. The highest BCUT2D eigenvalue weighted by Crippen LogP contribution is 2.17. The molecule has 0 fully saturated rings. The molecule has 0 atom stereocenters. The summed E-state index contributed by atoms with van der Waals surface area (Å²) in [6, 6.07) is 14.9. The number of benzene rings is 2. The minimum Gasteiger partial charge on any atom is -0.497 e. The van der Waals surface area contributed by atoms with Gasteiger partial charge in [0, 0.05) is 31.9 Å². The van der Waals surface area contributed by atoms with Crippen molar-refractivity contribution >= 4 is 11.6 Å². The first-order chi connectivity index (χ1) is 11.1. The molecule has 0 aromatic heterocycles. The van der Waals surface area contributed by atoms with Crippen LogP contribution in [-0.4, -0.2) is 45.2 Å². The van der Waals surface area contributed by atoms with Crippen LogP contribution in [0.4, 0.5) is 5.69 Å². The van der Waals surface area contributed by atoms with E-state index in [9.17, 15) is 4.79 Å². The monoisotopic (exact) mass is 314 g/mol. The van der Waals surface area contributed by atoms with Crippen LogP contribution < -0.4 is 14.8 Å². The van der Waals surface area contributed by atoms with E-state index in [-0.39, 0.29) is 5.91 Å². The molecule has 1 amide bonds. The summed E-state index contributed by atoms with van der Waals surface area (Å²) in [6.45, 7) is 1.17. The zero-order valence-electron chi connectivity index (χ0n) is 13.7. The van der Waals surface area contributed by atoms with Gasteiger partial charge >= 0.3 is 0 Å². The largest absolute Gasteiger partial charge is 0.497 e. The number of carbonyl (C=O) groups excluding carboxylic acids is 1. The zero-order chi connectivity index (χ0) is 16.7. The number of methoxy groups -OCH3 is 1. The van der Waals surface area contributed by atoms with Crippen LogP contribution in [0, 0.1) is 0 Å². The molecule has 2 aromatic carbocycles. The van der Waals surface area contributed by atoms with E-state index in [1.54, 1.807) is 32.2 Å². The number of hydrogen-bond acceptors (Lipinski definition) is 4. The van der Waals surface area contributed by atoms with Crippen LogP contribution in [0.5, 0.6) is 11.5 Å². The Hall–Kier alpha value is -2.69. The molecule has 2 aromatic rings. The van der Waals surface area contributed by atoms with E-state index >= 15 is 0 Å². The van der Waals surface area contributed by atoms with Gasteiger partial charge < -0.3 is 19.7 Å². The van der Waals surface area contributed by atoms with Gasteiger partial charge in [0.2, 0.25) is 0 Å². The lowest BCUT2D eigenvalue weighted by molar-refractivity contribution is 0.0827. The number of ether oxygens (including phenoxy) is 2. The number of carbonyl (C=O) groups is 1. The van der Waals surface area contributed by atoms with Crippen molar-refractivity contribution in [3.05, 3.63) is 54.1 Å². The van der Waals surface area contributed by atoms with Crippen LogP contribution in [0.2, 0.25) is 0 Å². The van der Waals surface area contributed by atoms with Gasteiger partial charge in [-0.2, -0.15) is 0 Å². The van der Waals surface area contributed by atoms with Gasteiger partial charge in [0.15, 0.2) is 0 Å². The average Bonchev–Trinajstić information content (AvgIpc) is 2.58. The lowest BCUT2D eigenvalue weighted by Crippen LogP contribution is -2.21. The Balaban J connectivity index is 1.81.